The topological polar surface area (TPSA) is 88.5 Å². The molecule has 1 aromatic carbocycles. The van der Waals surface area contributed by atoms with E-state index in [9.17, 15) is 4.79 Å². The number of rotatable bonds is 2. The first kappa shape index (κ1) is 14.6. The fraction of sp³-hybridized carbons (Fsp3) is 0.294. The van der Waals surface area contributed by atoms with Crippen molar-refractivity contribution in [1.82, 2.24) is 30.0 Å². The smallest absolute Gasteiger partial charge is 0.271 e. The molecule has 0 saturated carbocycles. The first-order valence-electron chi connectivity index (χ1n) is 7.85. The van der Waals surface area contributed by atoms with E-state index in [0.29, 0.717) is 18.1 Å². The van der Waals surface area contributed by atoms with Crippen LogP contribution in [0.2, 0.25) is 0 Å². The molecule has 7 heteroatoms. The highest BCUT2D eigenvalue weighted by atomic mass is 16.1. The average molecular weight is 322 g/mol. The summed E-state index contributed by atoms with van der Waals surface area (Å²) in [5, 5.41) is 7.14. The molecule has 1 amide bonds. The van der Waals surface area contributed by atoms with Gasteiger partial charge in [-0.15, -0.1) is 0 Å². The molecular weight excluding hydrogens is 304 g/mol. The van der Waals surface area contributed by atoms with Crippen molar-refractivity contribution >= 4 is 5.91 Å². The van der Waals surface area contributed by atoms with Gasteiger partial charge in [-0.05, 0) is 24.0 Å². The van der Waals surface area contributed by atoms with Gasteiger partial charge in [0.1, 0.15) is 24.2 Å². The molecule has 24 heavy (non-hydrogen) atoms. The maximum Gasteiger partial charge on any atom is 0.271 e. The van der Waals surface area contributed by atoms with Gasteiger partial charge in [0.25, 0.3) is 5.91 Å². The molecule has 4 rings (SSSR count). The van der Waals surface area contributed by atoms with Gasteiger partial charge in [0, 0.05) is 17.8 Å². The van der Waals surface area contributed by atoms with Crippen LogP contribution in [0.4, 0.5) is 0 Å². The summed E-state index contributed by atoms with van der Waals surface area (Å²) in [4.78, 5) is 24.2. The number of aromatic amines is 1. The molecule has 2 N–H and O–H groups in total. The minimum absolute atomic E-state index is 0.0177. The molecule has 2 aromatic heterocycles. The molecule has 0 radical (unpaired) electrons. The number of fused-ring (bicyclic) bond motifs is 1. The van der Waals surface area contributed by atoms with Crippen molar-refractivity contribution in [2.45, 2.75) is 20.3 Å². The first-order chi connectivity index (χ1) is 11.5. The number of hydrogen-bond donors (Lipinski definition) is 2. The van der Waals surface area contributed by atoms with Gasteiger partial charge in [-0.25, -0.2) is 14.6 Å². The third-order valence-electron chi connectivity index (χ3n) is 4.20. The van der Waals surface area contributed by atoms with E-state index < -0.39 is 0 Å². The first-order valence-corrected chi connectivity index (χ1v) is 7.85. The van der Waals surface area contributed by atoms with Gasteiger partial charge in [0.15, 0.2) is 0 Å². The zero-order chi connectivity index (χ0) is 16.7. The Morgan fingerprint density at radius 2 is 2.08 bits per heavy atom. The fourth-order valence-electron chi connectivity index (χ4n) is 3.00. The minimum atomic E-state index is -0.128. The third-order valence-corrected chi connectivity index (χ3v) is 4.20. The molecule has 1 aliphatic heterocycles. The maximum atomic E-state index is 12.3. The Bertz CT molecular complexity index is 894. The van der Waals surface area contributed by atoms with Gasteiger partial charge in [-0.1, -0.05) is 26.0 Å². The SMILES string of the molecule is CC1(C)CNC(=O)c2nc(-c3ccccc3-n3cncn3)[nH]c2C1. The van der Waals surface area contributed by atoms with E-state index in [1.165, 1.54) is 6.33 Å². The molecule has 7 nitrogen and oxygen atoms in total. The zero-order valence-electron chi connectivity index (χ0n) is 13.6. The summed E-state index contributed by atoms with van der Waals surface area (Å²) in [6.45, 7) is 4.90. The van der Waals surface area contributed by atoms with Crippen LogP contribution in [0.5, 0.6) is 0 Å². The van der Waals surface area contributed by atoms with Crippen molar-refractivity contribution in [3.63, 3.8) is 0 Å². The number of imidazole rings is 1. The van der Waals surface area contributed by atoms with E-state index in [1.54, 1.807) is 11.0 Å². The predicted octanol–water partition coefficient (Wildman–Crippen LogP) is 1.97. The van der Waals surface area contributed by atoms with Crippen LogP contribution in [-0.2, 0) is 6.42 Å². The highest BCUT2D eigenvalue weighted by Gasteiger charge is 2.30. The summed E-state index contributed by atoms with van der Waals surface area (Å²) in [5.41, 5.74) is 3.07. The quantitative estimate of drug-likeness (QED) is 0.755. The molecule has 0 spiro atoms. The Hall–Kier alpha value is -2.96. The number of nitrogens with one attached hydrogen (secondary N) is 2. The normalized spacial score (nSPS) is 16.3. The Morgan fingerprint density at radius 1 is 1.25 bits per heavy atom. The molecule has 0 aliphatic carbocycles. The summed E-state index contributed by atoms with van der Waals surface area (Å²) in [5.74, 6) is 0.537. The van der Waals surface area contributed by atoms with Crippen molar-refractivity contribution < 1.29 is 4.79 Å². The lowest BCUT2D eigenvalue weighted by Gasteiger charge is -2.21. The molecule has 0 fully saturated rings. The largest absolute Gasteiger partial charge is 0.350 e. The number of carbonyl (C=O) groups is 1. The highest BCUT2D eigenvalue weighted by Crippen LogP contribution is 2.29. The van der Waals surface area contributed by atoms with Crippen molar-refractivity contribution in [2.24, 2.45) is 5.41 Å². The van der Waals surface area contributed by atoms with Crippen LogP contribution in [-0.4, -0.2) is 37.2 Å². The number of benzene rings is 1. The molecule has 3 heterocycles. The maximum absolute atomic E-state index is 12.3. The van der Waals surface area contributed by atoms with Gasteiger partial charge in [-0.2, -0.15) is 5.10 Å². The summed E-state index contributed by atoms with van der Waals surface area (Å²) >= 11 is 0. The van der Waals surface area contributed by atoms with E-state index >= 15 is 0 Å². The van der Waals surface area contributed by atoms with Crippen LogP contribution in [0.15, 0.2) is 36.9 Å². The van der Waals surface area contributed by atoms with Crippen molar-refractivity contribution in [3.8, 4) is 17.1 Å². The summed E-state index contributed by atoms with van der Waals surface area (Å²) in [6.07, 6.45) is 3.90. The Kier molecular flexibility index (Phi) is 3.23. The van der Waals surface area contributed by atoms with Crippen LogP contribution >= 0.6 is 0 Å². The van der Waals surface area contributed by atoms with E-state index in [1.807, 2.05) is 24.3 Å². The zero-order valence-corrected chi connectivity index (χ0v) is 13.6. The lowest BCUT2D eigenvalue weighted by atomic mass is 9.88. The van der Waals surface area contributed by atoms with Crippen LogP contribution in [0.3, 0.4) is 0 Å². The molecule has 0 atom stereocenters. The molecule has 3 aromatic rings. The number of H-pyrrole nitrogens is 1. The Balaban J connectivity index is 1.83. The monoisotopic (exact) mass is 322 g/mol. The second-order valence-corrected chi connectivity index (χ2v) is 6.79. The van der Waals surface area contributed by atoms with Gasteiger partial charge in [-0.3, -0.25) is 4.79 Å². The van der Waals surface area contributed by atoms with E-state index in [-0.39, 0.29) is 11.3 Å². The van der Waals surface area contributed by atoms with E-state index in [0.717, 1.165) is 23.4 Å². The second-order valence-electron chi connectivity index (χ2n) is 6.79. The molecular formula is C17H18N6O. The van der Waals surface area contributed by atoms with Gasteiger partial charge in [0.05, 0.1) is 5.69 Å². The van der Waals surface area contributed by atoms with Gasteiger partial charge >= 0.3 is 0 Å². The summed E-state index contributed by atoms with van der Waals surface area (Å²) < 4.78 is 1.69. The van der Waals surface area contributed by atoms with Crippen LogP contribution in [0.1, 0.15) is 30.0 Å². The fourth-order valence-corrected chi connectivity index (χ4v) is 3.00. The molecule has 0 unspecified atom stereocenters. The van der Waals surface area contributed by atoms with Crippen molar-refractivity contribution in [3.05, 3.63) is 48.3 Å². The van der Waals surface area contributed by atoms with Crippen LogP contribution in [0, 0.1) is 5.41 Å². The predicted molar refractivity (Wildman–Crippen MR) is 88.8 cm³/mol. The lowest BCUT2D eigenvalue weighted by molar-refractivity contribution is 0.0940. The third kappa shape index (κ3) is 2.47. The van der Waals surface area contributed by atoms with Crippen LogP contribution < -0.4 is 5.32 Å². The number of hydrogen-bond acceptors (Lipinski definition) is 4. The standard InChI is InChI=1S/C17H18N6O/c1-17(2)7-12-14(16(24)19-8-17)22-15(21-12)11-5-3-4-6-13(11)23-10-18-9-20-23/h3-6,9-10H,7-8H2,1-2H3,(H,19,24)(H,21,22). The number of para-hydroxylation sites is 1. The Morgan fingerprint density at radius 3 is 2.88 bits per heavy atom. The molecule has 1 aliphatic rings. The number of carbonyl (C=O) groups excluding carboxylic acids is 1. The van der Waals surface area contributed by atoms with E-state index in [2.05, 4.69) is 39.2 Å². The number of aromatic nitrogens is 5. The van der Waals surface area contributed by atoms with Crippen molar-refractivity contribution in [2.75, 3.05) is 6.54 Å². The second kappa shape index (κ2) is 5.30. The van der Waals surface area contributed by atoms with Gasteiger partial charge < -0.3 is 10.3 Å². The van der Waals surface area contributed by atoms with E-state index in [4.69, 9.17) is 0 Å². The number of amides is 1. The molecule has 122 valence electrons. The summed E-state index contributed by atoms with van der Waals surface area (Å²) in [7, 11) is 0. The summed E-state index contributed by atoms with van der Waals surface area (Å²) in [6, 6.07) is 7.78. The highest BCUT2D eigenvalue weighted by molar-refractivity contribution is 5.94. The average Bonchev–Trinajstić information content (AvgIpc) is 3.20. The van der Waals surface area contributed by atoms with Crippen molar-refractivity contribution in [1.29, 1.82) is 0 Å². The minimum Gasteiger partial charge on any atom is -0.350 e. The van der Waals surface area contributed by atoms with Crippen LogP contribution in [0.25, 0.3) is 17.1 Å². The lowest BCUT2D eigenvalue weighted by Crippen LogP contribution is -2.32. The number of nitrogens with zero attached hydrogens (tertiary/aromatic N) is 4. The Labute approximate surface area is 139 Å². The van der Waals surface area contributed by atoms with Gasteiger partial charge in [0.2, 0.25) is 0 Å². The molecule has 0 saturated heterocycles. The molecule has 0 bridgehead atoms.